The predicted octanol–water partition coefficient (Wildman–Crippen LogP) is 5.37. The maximum Gasteiger partial charge on any atom is 0.339 e. The maximum absolute atomic E-state index is 12.7. The molecule has 0 spiro atoms. The van der Waals surface area contributed by atoms with Gasteiger partial charge in [0.2, 0.25) is 5.91 Å². The highest BCUT2D eigenvalue weighted by atomic mass is 35.5. The van der Waals surface area contributed by atoms with Crippen LogP contribution < -0.4 is 5.32 Å². The summed E-state index contributed by atoms with van der Waals surface area (Å²) < 4.78 is 10.5. The monoisotopic (exact) mass is 510 g/mol. The smallest absolute Gasteiger partial charge is 0.339 e. The number of amides is 3. The van der Waals surface area contributed by atoms with Gasteiger partial charge in [0.25, 0.3) is 11.1 Å². The number of carbonyl (C=O) groups excluding carboxylic acids is 4. The first-order valence-electron chi connectivity index (χ1n) is 10.3. The molecule has 0 unspecified atom stereocenters. The Bertz CT molecular complexity index is 1360. The number of imide groups is 1. The van der Waals surface area contributed by atoms with Crippen molar-refractivity contribution in [3.63, 3.8) is 0 Å². The van der Waals surface area contributed by atoms with Gasteiger partial charge in [-0.2, -0.15) is 0 Å². The molecule has 4 rings (SSSR count). The minimum absolute atomic E-state index is 0.130. The highest BCUT2D eigenvalue weighted by Crippen LogP contribution is 2.34. The van der Waals surface area contributed by atoms with Crippen molar-refractivity contribution >= 4 is 58.1 Å². The number of ether oxygens (including phenoxy) is 1. The van der Waals surface area contributed by atoms with E-state index in [9.17, 15) is 19.2 Å². The summed E-state index contributed by atoms with van der Waals surface area (Å²) in [4.78, 5) is 50.4. The molecule has 1 aromatic heterocycles. The number of esters is 1. The highest BCUT2D eigenvalue weighted by Gasteiger charge is 2.36. The van der Waals surface area contributed by atoms with Gasteiger partial charge in [-0.15, -0.1) is 0 Å². The zero-order chi connectivity index (χ0) is 25.1. The number of nitrogens with one attached hydrogen (secondary N) is 1. The first-order chi connectivity index (χ1) is 16.7. The lowest BCUT2D eigenvalue weighted by Crippen LogP contribution is -2.36. The third-order valence-electron chi connectivity index (χ3n) is 5.07. The molecule has 3 aromatic rings. The Balaban J connectivity index is 1.47. The summed E-state index contributed by atoms with van der Waals surface area (Å²) in [5.74, 6) is -0.902. The van der Waals surface area contributed by atoms with Crippen molar-refractivity contribution in [3.8, 4) is 11.3 Å². The lowest BCUT2D eigenvalue weighted by molar-refractivity contribution is -0.127. The van der Waals surface area contributed by atoms with E-state index in [1.807, 2.05) is 19.1 Å². The Labute approximate surface area is 209 Å². The van der Waals surface area contributed by atoms with E-state index in [1.165, 1.54) is 19.3 Å². The number of methoxy groups -OCH3 is 1. The molecule has 0 atom stereocenters. The first kappa shape index (κ1) is 24.3. The number of aryl methyl sites for hydroxylation is 1. The third kappa shape index (κ3) is 5.47. The van der Waals surface area contributed by atoms with Gasteiger partial charge in [-0.05, 0) is 61.2 Å². The molecule has 1 aliphatic rings. The van der Waals surface area contributed by atoms with Crippen molar-refractivity contribution in [3.05, 3.63) is 81.4 Å². The zero-order valence-electron chi connectivity index (χ0n) is 18.7. The van der Waals surface area contributed by atoms with E-state index >= 15 is 0 Å². The van der Waals surface area contributed by atoms with Crippen LogP contribution in [-0.4, -0.2) is 41.6 Å². The summed E-state index contributed by atoms with van der Waals surface area (Å²) in [5.41, 5.74) is 2.38. The maximum atomic E-state index is 12.7. The summed E-state index contributed by atoms with van der Waals surface area (Å²) in [6, 6.07) is 15.2. The summed E-state index contributed by atoms with van der Waals surface area (Å²) >= 11 is 6.78. The molecular weight excluding hydrogens is 492 g/mol. The fourth-order valence-electron chi connectivity index (χ4n) is 3.28. The summed E-state index contributed by atoms with van der Waals surface area (Å²) in [7, 11) is 1.26. The topological polar surface area (TPSA) is 106 Å². The molecule has 35 heavy (non-hydrogen) atoms. The van der Waals surface area contributed by atoms with Crippen LogP contribution in [0.3, 0.4) is 0 Å². The van der Waals surface area contributed by atoms with Crippen molar-refractivity contribution < 1.29 is 28.3 Å². The molecule has 8 nitrogen and oxygen atoms in total. The van der Waals surface area contributed by atoms with Gasteiger partial charge in [0.1, 0.15) is 18.1 Å². The predicted molar refractivity (Wildman–Crippen MR) is 133 cm³/mol. The molecule has 0 saturated carbocycles. The molecule has 3 amide bonds. The van der Waals surface area contributed by atoms with E-state index in [2.05, 4.69) is 5.32 Å². The number of thioether (sulfide) groups is 1. The Hall–Kier alpha value is -3.82. The van der Waals surface area contributed by atoms with E-state index < -0.39 is 29.6 Å². The van der Waals surface area contributed by atoms with Crippen molar-refractivity contribution in [1.82, 2.24) is 4.90 Å². The Morgan fingerprint density at radius 3 is 2.57 bits per heavy atom. The summed E-state index contributed by atoms with van der Waals surface area (Å²) in [5, 5.41) is 2.36. The molecule has 0 aliphatic carbocycles. The highest BCUT2D eigenvalue weighted by molar-refractivity contribution is 8.18. The second-order valence-corrected chi connectivity index (χ2v) is 8.97. The van der Waals surface area contributed by atoms with Gasteiger partial charge in [-0.1, -0.05) is 29.3 Å². The number of halogens is 1. The SMILES string of the molecule is COC(=O)c1cc(-c2ccc(/C=C3/SC(=O)N(CC(=O)Nc4ccc(C)cc4)C3=O)o2)ccc1Cl. The number of anilines is 1. The number of benzene rings is 2. The number of furan rings is 1. The molecule has 1 saturated heterocycles. The van der Waals surface area contributed by atoms with Crippen LogP contribution in [0, 0.1) is 6.92 Å². The summed E-state index contributed by atoms with van der Waals surface area (Å²) in [6.45, 7) is 1.52. The molecule has 0 bridgehead atoms. The summed E-state index contributed by atoms with van der Waals surface area (Å²) in [6.07, 6.45) is 1.43. The molecule has 178 valence electrons. The standard InChI is InChI=1S/C25H19ClN2O6S/c1-14-3-6-16(7-4-14)27-22(29)13-28-23(30)21(35-25(28)32)12-17-8-10-20(34-17)15-5-9-19(26)18(11-15)24(31)33-2/h3-12H,13H2,1-2H3,(H,27,29)/b21-12+. The van der Waals surface area contributed by atoms with E-state index in [4.69, 9.17) is 20.8 Å². The largest absolute Gasteiger partial charge is 0.465 e. The van der Waals surface area contributed by atoms with Crippen LogP contribution in [0.1, 0.15) is 21.7 Å². The molecule has 0 radical (unpaired) electrons. The first-order valence-corrected chi connectivity index (χ1v) is 11.5. The second kappa shape index (κ2) is 10.2. The number of rotatable bonds is 6. The van der Waals surface area contributed by atoms with Crippen LogP contribution in [0.25, 0.3) is 17.4 Å². The van der Waals surface area contributed by atoms with Gasteiger partial charge in [0, 0.05) is 17.3 Å². The Morgan fingerprint density at radius 1 is 1.11 bits per heavy atom. The van der Waals surface area contributed by atoms with Crippen molar-refractivity contribution in [2.45, 2.75) is 6.92 Å². The fraction of sp³-hybridized carbons (Fsp3) is 0.120. The number of hydrogen-bond acceptors (Lipinski definition) is 7. The minimum Gasteiger partial charge on any atom is -0.465 e. The lowest BCUT2D eigenvalue weighted by atomic mass is 10.1. The third-order valence-corrected chi connectivity index (χ3v) is 6.30. The number of carbonyl (C=O) groups is 4. The van der Waals surface area contributed by atoms with Crippen molar-refractivity contribution in [2.24, 2.45) is 0 Å². The molecule has 2 heterocycles. The van der Waals surface area contributed by atoms with Gasteiger partial charge in [0.05, 0.1) is 22.6 Å². The van der Waals surface area contributed by atoms with E-state index in [0.717, 1.165) is 22.2 Å². The molecular formula is C25H19ClN2O6S. The molecule has 1 N–H and O–H groups in total. The van der Waals surface area contributed by atoms with Gasteiger partial charge in [0.15, 0.2) is 0 Å². The number of hydrogen-bond donors (Lipinski definition) is 1. The van der Waals surface area contributed by atoms with Crippen molar-refractivity contribution in [2.75, 3.05) is 19.0 Å². The van der Waals surface area contributed by atoms with Gasteiger partial charge in [-0.3, -0.25) is 19.3 Å². The minimum atomic E-state index is -0.587. The normalized spacial score (nSPS) is 14.5. The molecule has 10 heteroatoms. The van der Waals surface area contributed by atoms with E-state index in [0.29, 0.717) is 22.8 Å². The molecule has 2 aromatic carbocycles. The van der Waals surface area contributed by atoms with Gasteiger partial charge >= 0.3 is 5.97 Å². The average Bonchev–Trinajstić information content (AvgIpc) is 3.40. The van der Waals surface area contributed by atoms with E-state index in [-0.39, 0.29) is 15.5 Å². The molecule has 1 fully saturated rings. The quantitative estimate of drug-likeness (QED) is 0.351. The van der Waals surface area contributed by atoms with Crippen molar-refractivity contribution in [1.29, 1.82) is 0 Å². The van der Waals surface area contributed by atoms with Crippen LogP contribution in [0.15, 0.2) is 63.9 Å². The zero-order valence-corrected chi connectivity index (χ0v) is 20.2. The van der Waals surface area contributed by atoms with Crippen LogP contribution >= 0.6 is 23.4 Å². The Kier molecular flexibility index (Phi) is 7.09. The van der Waals surface area contributed by atoms with Crippen LogP contribution in [0.5, 0.6) is 0 Å². The second-order valence-electron chi connectivity index (χ2n) is 7.57. The average molecular weight is 511 g/mol. The Morgan fingerprint density at radius 2 is 1.86 bits per heavy atom. The lowest BCUT2D eigenvalue weighted by Gasteiger charge is -2.12. The fourth-order valence-corrected chi connectivity index (χ4v) is 4.29. The van der Waals surface area contributed by atoms with Crippen LogP contribution in [-0.2, 0) is 14.3 Å². The number of nitrogens with zero attached hydrogens (tertiary/aromatic N) is 1. The molecule has 1 aliphatic heterocycles. The van der Waals surface area contributed by atoms with Gasteiger partial charge in [-0.25, -0.2) is 4.79 Å². The van der Waals surface area contributed by atoms with Crippen LogP contribution in [0.2, 0.25) is 5.02 Å². The van der Waals surface area contributed by atoms with E-state index in [1.54, 1.807) is 36.4 Å². The van der Waals surface area contributed by atoms with Gasteiger partial charge < -0.3 is 14.5 Å². The van der Waals surface area contributed by atoms with Crippen LogP contribution in [0.4, 0.5) is 10.5 Å².